The third kappa shape index (κ3) is 1.84. The van der Waals surface area contributed by atoms with Crippen LogP contribution in [0.15, 0.2) is 18.2 Å². The van der Waals surface area contributed by atoms with Gasteiger partial charge in [0.25, 0.3) is 0 Å². The normalized spacial score (nSPS) is 9.83. The molecule has 1 aromatic rings. The van der Waals surface area contributed by atoms with Crippen molar-refractivity contribution in [2.75, 3.05) is 0 Å². The molecule has 0 saturated carbocycles. The summed E-state index contributed by atoms with van der Waals surface area (Å²) in [5.41, 5.74) is 1.56. The number of hydrogen-bond acceptors (Lipinski definition) is 2. The quantitative estimate of drug-likeness (QED) is 0.680. The lowest BCUT2D eigenvalue weighted by molar-refractivity contribution is 0.101. The summed E-state index contributed by atoms with van der Waals surface area (Å²) >= 11 is 0. The molecule has 0 fully saturated rings. The monoisotopic (exact) mass is 164 g/mol. The van der Waals surface area contributed by atoms with Gasteiger partial charge in [0.05, 0.1) is 0 Å². The highest BCUT2D eigenvalue weighted by Gasteiger charge is 2.02. The van der Waals surface area contributed by atoms with Crippen molar-refractivity contribution in [1.82, 2.24) is 0 Å². The van der Waals surface area contributed by atoms with Gasteiger partial charge in [-0.15, -0.1) is 0 Å². The van der Waals surface area contributed by atoms with Crippen LogP contribution in [0, 0.1) is 0 Å². The molecule has 0 bridgehead atoms. The molecule has 0 spiro atoms. The third-order valence-electron chi connectivity index (χ3n) is 1.79. The van der Waals surface area contributed by atoms with Crippen LogP contribution in [-0.4, -0.2) is 10.9 Å². The molecular weight excluding hydrogens is 152 g/mol. The second-order valence-electron chi connectivity index (χ2n) is 2.80. The van der Waals surface area contributed by atoms with Crippen molar-refractivity contribution in [2.24, 2.45) is 0 Å². The molecule has 0 unspecified atom stereocenters. The van der Waals surface area contributed by atoms with Crippen molar-refractivity contribution < 1.29 is 9.90 Å². The largest absolute Gasteiger partial charge is 0.508 e. The predicted molar refractivity (Wildman–Crippen MR) is 47.5 cm³/mol. The summed E-state index contributed by atoms with van der Waals surface area (Å²) in [6, 6.07) is 4.97. The molecule has 0 atom stereocenters. The Morgan fingerprint density at radius 1 is 1.42 bits per heavy atom. The Labute approximate surface area is 71.8 Å². The molecule has 0 radical (unpaired) electrons. The van der Waals surface area contributed by atoms with Crippen molar-refractivity contribution >= 4 is 5.78 Å². The lowest BCUT2D eigenvalue weighted by atomic mass is 10.1. The number of carbonyl (C=O) groups excluding carboxylic acids is 1. The Kier molecular flexibility index (Phi) is 2.48. The molecule has 1 rings (SSSR count). The molecular formula is C10H12O2. The van der Waals surface area contributed by atoms with E-state index in [0.29, 0.717) is 5.56 Å². The fourth-order valence-corrected chi connectivity index (χ4v) is 1.08. The van der Waals surface area contributed by atoms with Crippen molar-refractivity contribution in [3.05, 3.63) is 29.3 Å². The minimum atomic E-state index is -0.0133. The zero-order valence-corrected chi connectivity index (χ0v) is 7.29. The Bertz CT molecular complexity index is 303. The van der Waals surface area contributed by atoms with E-state index in [4.69, 9.17) is 0 Å². The number of rotatable bonds is 2. The van der Waals surface area contributed by atoms with E-state index in [1.54, 1.807) is 6.07 Å². The number of phenolic OH excluding ortho intramolecular Hbond substituents is 1. The van der Waals surface area contributed by atoms with E-state index in [2.05, 4.69) is 0 Å². The Hall–Kier alpha value is -1.31. The molecule has 0 aliphatic rings. The van der Waals surface area contributed by atoms with Crippen LogP contribution in [0.3, 0.4) is 0 Å². The first-order chi connectivity index (χ1) is 5.63. The first-order valence-corrected chi connectivity index (χ1v) is 3.97. The first-order valence-electron chi connectivity index (χ1n) is 3.97. The average molecular weight is 164 g/mol. The summed E-state index contributed by atoms with van der Waals surface area (Å²) in [4.78, 5) is 11.0. The van der Waals surface area contributed by atoms with Gasteiger partial charge in [0, 0.05) is 5.56 Å². The van der Waals surface area contributed by atoms with Gasteiger partial charge in [-0.1, -0.05) is 6.92 Å². The van der Waals surface area contributed by atoms with E-state index in [1.165, 1.54) is 13.0 Å². The Morgan fingerprint density at radius 3 is 2.58 bits per heavy atom. The van der Waals surface area contributed by atoms with Gasteiger partial charge in [-0.3, -0.25) is 4.79 Å². The van der Waals surface area contributed by atoms with Crippen molar-refractivity contribution in [3.8, 4) is 5.75 Å². The summed E-state index contributed by atoms with van der Waals surface area (Å²) in [6.45, 7) is 3.48. The van der Waals surface area contributed by atoms with Gasteiger partial charge >= 0.3 is 0 Å². The maximum Gasteiger partial charge on any atom is 0.159 e. The van der Waals surface area contributed by atoms with E-state index in [-0.39, 0.29) is 11.5 Å². The van der Waals surface area contributed by atoms with Crippen LogP contribution in [0.5, 0.6) is 5.75 Å². The molecule has 0 amide bonds. The molecule has 0 aliphatic carbocycles. The third-order valence-corrected chi connectivity index (χ3v) is 1.79. The van der Waals surface area contributed by atoms with E-state index >= 15 is 0 Å². The van der Waals surface area contributed by atoms with Crippen molar-refractivity contribution in [3.63, 3.8) is 0 Å². The number of aromatic hydroxyl groups is 1. The standard InChI is InChI=1S/C10H12O2/c1-3-8-4-9(7(2)11)6-10(12)5-8/h4-6,12H,3H2,1-2H3. The highest BCUT2D eigenvalue weighted by atomic mass is 16.3. The molecule has 1 aromatic carbocycles. The second kappa shape index (κ2) is 3.39. The number of phenols is 1. The summed E-state index contributed by atoms with van der Waals surface area (Å²) in [5, 5.41) is 9.22. The lowest BCUT2D eigenvalue weighted by Gasteiger charge is -2.01. The number of carbonyl (C=O) groups is 1. The van der Waals surface area contributed by atoms with E-state index < -0.39 is 0 Å². The number of Topliss-reactive ketones (excluding diaryl/α,β-unsaturated/α-hetero) is 1. The van der Waals surface area contributed by atoms with Gasteiger partial charge in [-0.2, -0.15) is 0 Å². The van der Waals surface area contributed by atoms with Gasteiger partial charge in [-0.25, -0.2) is 0 Å². The first kappa shape index (κ1) is 8.78. The van der Waals surface area contributed by atoms with Gasteiger partial charge in [-0.05, 0) is 37.1 Å². The molecule has 0 saturated heterocycles. The Morgan fingerprint density at radius 2 is 2.08 bits per heavy atom. The lowest BCUT2D eigenvalue weighted by Crippen LogP contribution is -1.93. The van der Waals surface area contributed by atoms with E-state index in [1.807, 2.05) is 13.0 Å². The van der Waals surface area contributed by atoms with E-state index in [0.717, 1.165) is 12.0 Å². The zero-order chi connectivity index (χ0) is 9.14. The fraction of sp³-hybridized carbons (Fsp3) is 0.300. The molecule has 1 N–H and O–H groups in total. The van der Waals surface area contributed by atoms with Crippen LogP contribution in [-0.2, 0) is 6.42 Å². The minimum Gasteiger partial charge on any atom is -0.508 e. The number of hydrogen-bond donors (Lipinski definition) is 1. The Balaban J connectivity index is 3.15. The highest BCUT2D eigenvalue weighted by Crippen LogP contribution is 2.16. The van der Waals surface area contributed by atoms with Gasteiger partial charge in [0.2, 0.25) is 0 Å². The molecule has 2 heteroatoms. The van der Waals surface area contributed by atoms with E-state index in [9.17, 15) is 9.90 Å². The van der Waals surface area contributed by atoms with Gasteiger partial charge in [0.1, 0.15) is 5.75 Å². The van der Waals surface area contributed by atoms with Crippen LogP contribution in [0.4, 0.5) is 0 Å². The van der Waals surface area contributed by atoms with Crippen LogP contribution in [0.2, 0.25) is 0 Å². The predicted octanol–water partition coefficient (Wildman–Crippen LogP) is 2.16. The van der Waals surface area contributed by atoms with Crippen LogP contribution in [0.25, 0.3) is 0 Å². The maximum atomic E-state index is 11.0. The summed E-state index contributed by atoms with van der Waals surface area (Å²) in [7, 11) is 0. The topological polar surface area (TPSA) is 37.3 Å². The fourth-order valence-electron chi connectivity index (χ4n) is 1.08. The summed E-state index contributed by atoms with van der Waals surface area (Å²) in [6.07, 6.45) is 0.828. The summed E-state index contributed by atoms with van der Waals surface area (Å²) < 4.78 is 0. The summed E-state index contributed by atoms with van der Waals surface area (Å²) in [5.74, 6) is 0.153. The van der Waals surface area contributed by atoms with Crippen LogP contribution < -0.4 is 0 Å². The smallest absolute Gasteiger partial charge is 0.159 e. The zero-order valence-electron chi connectivity index (χ0n) is 7.29. The maximum absolute atomic E-state index is 11.0. The van der Waals surface area contributed by atoms with Gasteiger partial charge < -0.3 is 5.11 Å². The minimum absolute atomic E-state index is 0.0133. The molecule has 2 nitrogen and oxygen atoms in total. The molecule has 64 valence electrons. The number of ketones is 1. The van der Waals surface area contributed by atoms with Crippen LogP contribution >= 0.6 is 0 Å². The SMILES string of the molecule is CCc1cc(O)cc(C(C)=O)c1. The number of aryl methyl sites for hydroxylation is 1. The molecule has 0 aromatic heterocycles. The van der Waals surface area contributed by atoms with Crippen molar-refractivity contribution in [2.45, 2.75) is 20.3 Å². The molecule has 0 aliphatic heterocycles. The molecule has 12 heavy (non-hydrogen) atoms. The highest BCUT2D eigenvalue weighted by molar-refractivity contribution is 5.94. The van der Waals surface area contributed by atoms with Crippen molar-refractivity contribution in [1.29, 1.82) is 0 Å². The van der Waals surface area contributed by atoms with Gasteiger partial charge in [0.15, 0.2) is 5.78 Å². The second-order valence-corrected chi connectivity index (χ2v) is 2.80. The average Bonchev–Trinajstić information content (AvgIpc) is 2.03. The number of benzene rings is 1. The van der Waals surface area contributed by atoms with Crippen LogP contribution in [0.1, 0.15) is 29.8 Å². The molecule has 0 heterocycles.